The first-order chi connectivity index (χ1) is 10.2. The maximum absolute atomic E-state index is 9.48. The predicted molar refractivity (Wildman–Crippen MR) is 80.1 cm³/mol. The lowest BCUT2D eigenvalue weighted by Gasteiger charge is -2.28. The van der Waals surface area contributed by atoms with E-state index in [1.54, 1.807) is 0 Å². The summed E-state index contributed by atoms with van der Waals surface area (Å²) < 4.78 is 5.29. The monoisotopic (exact) mass is 307 g/mol. The third kappa shape index (κ3) is 3.81. The molecule has 2 heterocycles. The molecule has 0 aliphatic carbocycles. The molecular weight excluding hydrogens is 290 g/mol. The van der Waals surface area contributed by atoms with Crippen molar-refractivity contribution in [2.24, 2.45) is 0 Å². The van der Waals surface area contributed by atoms with Gasteiger partial charge in [-0.25, -0.2) is 0 Å². The van der Waals surface area contributed by atoms with Crippen LogP contribution in [0.1, 0.15) is 18.7 Å². The molecule has 1 N–H and O–H groups in total. The molecule has 0 amide bonds. The van der Waals surface area contributed by atoms with E-state index in [0.29, 0.717) is 16.7 Å². The smallest absolute Gasteiger partial charge is 0.228 e. The van der Waals surface area contributed by atoms with Crippen LogP contribution in [-0.2, 0) is 6.42 Å². The highest BCUT2D eigenvalue weighted by molar-refractivity contribution is 6.30. The molecule has 0 radical (unpaired) electrons. The number of aliphatic hydroxyl groups excluding tert-OH is 1. The molecule has 2 aromatic rings. The number of halogens is 1. The van der Waals surface area contributed by atoms with Crippen LogP contribution < -0.4 is 0 Å². The molecule has 1 aromatic heterocycles. The molecule has 5 nitrogen and oxygen atoms in total. The quantitative estimate of drug-likeness (QED) is 0.939. The average Bonchev–Trinajstić information content (AvgIpc) is 2.96. The maximum Gasteiger partial charge on any atom is 0.228 e. The number of hydrogen-bond donors (Lipinski definition) is 1. The van der Waals surface area contributed by atoms with Crippen molar-refractivity contribution in [2.75, 3.05) is 19.6 Å². The normalized spacial score (nSPS) is 17.2. The number of benzene rings is 1. The summed E-state index contributed by atoms with van der Waals surface area (Å²) in [5.41, 5.74) is 0.899. The van der Waals surface area contributed by atoms with Gasteiger partial charge in [0.05, 0.1) is 6.10 Å². The fourth-order valence-electron chi connectivity index (χ4n) is 2.47. The fraction of sp³-hybridized carbons (Fsp3) is 0.467. The van der Waals surface area contributed by atoms with Crippen LogP contribution in [-0.4, -0.2) is 45.9 Å². The Morgan fingerprint density at radius 3 is 2.67 bits per heavy atom. The SMILES string of the molecule is OC1CCN(CCc2nc(-c3ccc(Cl)cc3)no2)CC1. The molecule has 1 fully saturated rings. The van der Waals surface area contributed by atoms with Crippen LogP contribution in [0, 0.1) is 0 Å². The first-order valence-electron chi connectivity index (χ1n) is 7.19. The van der Waals surface area contributed by atoms with Crippen molar-refractivity contribution in [3.8, 4) is 11.4 Å². The van der Waals surface area contributed by atoms with E-state index in [9.17, 15) is 5.11 Å². The molecular formula is C15H18ClN3O2. The van der Waals surface area contributed by atoms with E-state index in [1.165, 1.54) is 0 Å². The predicted octanol–water partition coefficient (Wildman–Crippen LogP) is 2.39. The van der Waals surface area contributed by atoms with Gasteiger partial charge in [0.1, 0.15) is 0 Å². The summed E-state index contributed by atoms with van der Waals surface area (Å²) in [4.78, 5) is 6.73. The van der Waals surface area contributed by atoms with Crippen LogP contribution >= 0.6 is 11.6 Å². The molecule has 0 bridgehead atoms. The van der Waals surface area contributed by atoms with Gasteiger partial charge in [-0.05, 0) is 37.1 Å². The highest BCUT2D eigenvalue weighted by atomic mass is 35.5. The Kier molecular flexibility index (Phi) is 4.53. The Balaban J connectivity index is 1.56. The van der Waals surface area contributed by atoms with Crippen molar-refractivity contribution in [1.82, 2.24) is 15.0 Å². The first-order valence-corrected chi connectivity index (χ1v) is 7.57. The van der Waals surface area contributed by atoms with Gasteiger partial charge in [0.25, 0.3) is 0 Å². The van der Waals surface area contributed by atoms with Gasteiger partial charge < -0.3 is 14.5 Å². The van der Waals surface area contributed by atoms with Gasteiger partial charge in [-0.1, -0.05) is 16.8 Å². The molecule has 21 heavy (non-hydrogen) atoms. The first kappa shape index (κ1) is 14.5. The van der Waals surface area contributed by atoms with Gasteiger partial charge in [0.15, 0.2) is 0 Å². The van der Waals surface area contributed by atoms with E-state index in [1.807, 2.05) is 24.3 Å². The van der Waals surface area contributed by atoms with E-state index in [4.69, 9.17) is 16.1 Å². The minimum Gasteiger partial charge on any atom is -0.393 e. The standard InChI is InChI=1S/C15H18ClN3O2/c16-12-3-1-11(2-4-12)15-17-14(21-18-15)7-10-19-8-5-13(20)6-9-19/h1-4,13,20H,5-10H2. The summed E-state index contributed by atoms with van der Waals surface area (Å²) in [7, 11) is 0. The van der Waals surface area contributed by atoms with E-state index >= 15 is 0 Å². The number of likely N-dealkylation sites (tertiary alicyclic amines) is 1. The van der Waals surface area contributed by atoms with Gasteiger partial charge in [-0.3, -0.25) is 0 Å². The lowest BCUT2D eigenvalue weighted by atomic mass is 10.1. The van der Waals surface area contributed by atoms with E-state index in [-0.39, 0.29) is 6.10 Å². The Labute approximate surface area is 128 Å². The third-order valence-electron chi connectivity index (χ3n) is 3.77. The van der Waals surface area contributed by atoms with Gasteiger partial charge in [0, 0.05) is 36.6 Å². The van der Waals surface area contributed by atoms with Crippen LogP contribution in [0.3, 0.4) is 0 Å². The summed E-state index contributed by atoms with van der Waals surface area (Å²) in [6.07, 6.45) is 2.29. The van der Waals surface area contributed by atoms with Crippen molar-refractivity contribution in [1.29, 1.82) is 0 Å². The number of aliphatic hydroxyl groups is 1. The maximum atomic E-state index is 9.48. The van der Waals surface area contributed by atoms with Crippen LogP contribution in [0.5, 0.6) is 0 Å². The van der Waals surface area contributed by atoms with Gasteiger partial charge in [-0.15, -0.1) is 0 Å². The Morgan fingerprint density at radius 1 is 1.24 bits per heavy atom. The van der Waals surface area contributed by atoms with Crippen molar-refractivity contribution in [3.63, 3.8) is 0 Å². The van der Waals surface area contributed by atoms with Crippen molar-refractivity contribution in [2.45, 2.75) is 25.4 Å². The summed E-state index contributed by atoms with van der Waals surface area (Å²) in [5, 5.41) is 14.2. The topological polar surface area (TPSA) is 62.4 Å². The highest BCUT2D eigenvalue weighted by Gasteiger charge is 2.17. The van der Waals surface area contributed by atoms with E-state index < -0.39 is 0 Å². The Morgan fingerprint density at radius 2 is 1.95 bits per heavy atom. The van der Waals surface area contributed by atoms with Crippen molar-refractivity contribution >= 4 is 11.6 Å². The third-order valence-corrected chi connectivity index (χ3v) is 4.02. The second kappa shape index (κ2) is 6.56. The summed E-state index contributed by atoms with van der Waals surface area (Å²) in [6.45, 7) is 2.74. The molecule has 0 unspecified atom stereocenters. The number of piperidine rings is 1. The minimum absolute atomic E-state index is 0.138. The zero-order chi connectivity index (χ0) is 14.7. The van der Waals surface area contributed by atoms with Gasteiger partial charge >= 0.3 is 0 Å². The minimum atomic E-state index is -0.138. The van der Waals surface area contributed by atoms with Crippen molar-refractivity contribution < 1.29 is 9.63 Å². The van der Waals surface area contributed by atoms with Gasteiger partial charge in [0.2, 0.25) is 11.7 Å². The zero-order valence-electron chi connectivity index (χ0n) is 11.7. The molecule has 3 rings (SSSR count). The molecule has 1 aromatic carbocycles. The lowest BCUT2D eigenvalue weighted by Crippen LogP contribution is -2.37. The number of rotatable bonds is 4. The Bertz CT molecular complexity index is 577. The lowest BCUT2D eigenvalue weighted by molar-refractivity contribution is 0.0822. The number of aromatic nitrogens is 2. The summed E-state index contributed by atoms with van der Waals surface area (Å²) >= 11 is 5.86. The highest BCUT2D eigenvalue weighted by Crippen LogP contribution is 2.19. The van der Waals surface area contributed by atoms with Crippen molar-refractivity contribution in [3.05, 3.63) is 35.2 Å². The van der Waals surface area contributed by atoms with E-state index in [2.05, 4.69) is 15.0 Å². The number of hydrogen-bond acceptors (Lipinski definition) is 5. The summed E-state index contributed by atoms with van der Waals surface area (Å²) in [5.74, 6) is 1.24. The largest absolute Gasteiger partial charge is 0.393 e. The molecule has 1 saturated heterocycles. The fourth-order valence-corrected chi connectivity index (χ4v) is 2.60. The molecule has 0 saturated carbocycles. The van der Waals surface area contributed by atoms with Crippen LogP contribution in [0.2, 0.25) is 5.02 Å². The van der Waals surface area contributed by atoms with Gasteiger partial charge in [-0.2, -0.15) is 4.98 Å². The van der Waals surface area contributed by atoms with Crippen LogP contribution in [0.25, 0.3) is 11.4 Å². The Hall–Kier alpha value is -1.43. The molecule has 1 aliphatic heterocycles. The van der Waals surface area contributed by atoms with Crippen LogP contribution in [0.15, 0.2) is 28.8 Å². The second-order valence-corrected chi connectivity index (χ2v) is 5.78. The molecule has 112 valence electrons. The summed E-state index contributed by atoms with van der Waals surface area (Å²) in [6, 6.07) is 7.38. The molecule has 6 heteroatoms. The second-order valence-electron chi connectivity index (χ2n) is 5.34. The average molecular weight is 308 g/mol. The van der Waals surface area contributed by atoms with Crippen LogP contribution in [0.4, 0.5) is 0 Å². The molecule has 0 atom stereocenters. The molecule has 1 aliphatic rings. The zero-order valence-corrected chi connectivity index (χ0v) is 12.5. The molecule has 0 spiro atoms. The number of nitrogens with zero attached hydrogens (tertiary/aromatic N) is 3. The van der Waals surface area contributed by atoms with E-state index in [0.717, 1.165) is 44.5 Å².